The maximum atomic E-state index is 15.8. The Balaban J connectivity index is 2.26. The lowest BCUT2D eigenvalue weighted by atomic mass is 10.1. The van der Waals surface area contributed by atoms with Crippen molar-refractivity contribution in [3.8, 4) is 0 Å². The van der Waals surface area contributed by atoms with Crippen molar-refractivity contribution >= 4 is 55.8 Å². The van der Waals surface area contributed by atoms with Crippen molar-refractivity contribution in [2.24, 2.45) is 7.05 Å². The molecule has 1 aromatic heterocycles. The third-order valence-electron chi connectivity index (χ3n) is 4.46. The van der Waals surface area contributed by atoms with Crippen molar-refractivity contribution in [3.63, 3.8) is 0 Å². The summed E-state index contributed by atoms with van der Waals surface area (Å²) in [6.07, 6.45) is 1.48. The monoisotopic (exact) mass is 498 g/mol. The average molecular weight is 500 g/mol. The van der Waals surface area contributed by atoms with E-state index < -0.39 is 11.7 Å². The van der Waals surface area contributed by atoms with Gasteiger partial charge in [0.05, 0.1) is 47.0 Å². The van der Waals surface area contributed by atoms with Crippen LogP contribution < -0.4 is 10.4 Å². The van der Waals surface area contributed by atoms with Crippen LogP contribution >= 0.6 is 27.5 Å². The third-order valence-corrected chi connectivity index (χ3v) is 5.26. The van der Waals surface area contributed by atoms with Crippen molar-refractivity contribution in [1.82, 2.24) is 15.0 Å². The second-order valence-electron chi connectivity index (χ2n) is 6.87. The first-order chi connectivity index (χ1) is 14.3. The van der Waals surface area contributed by atoms with Crippen LogP contribution in [-0.2, 0) is 11.9 Å². The van der Waals surface area contributed by atoms with Crippen LogP contribution in [0.2, 0.25) is 5.02 Å². The predicted octanol–water partition coefficient (Wildman–Crippen LogP) is 4.33. The Bertz CT molecular complexity index is 1090. The van der Waals surface area contributed by atoms with Crippen molar-refractivity contribution in [2.45, 2.75) is 19.9 Å². The molecule has 10 heteroatoms. The van der Waals surface area contributed by atoms with Crippen LogP contribution in [0.4, 0.5) is 15.8 Å². The zero-order valence-electron chi connectivity index (χ0n) is 16.6. The Morgan fingerprint density at radius 1 is 1.43 bits per heavy atom. The summed E-state index contributed by atoms with van der Waals surface area (Å²) < 4.78 is 18.2. The number of anilines is 2. The molecule has 30 heavy (non-hydrogen) atoms. The van der Waals surface area contributed by atoms with Gasteiger partial charge in [0, 0.05) is 17.6 Å². The second-order valence-corrected chi connectivity index (χ2v) is 8.20. The van der Waals surface area contributed by atoms with Gasteiger partial charge in [-0.1, -0.05) is 27.5 Å². The van der Waals surface area contributed by atoms with E-state index in [0.29, 0.717) is 16.2 Å². The molecule has 2 N–H and O–H groups in total. The minimum absolute atomic E-state index is 0.0329. The van der Waals surface area contributed by atoms with Crippen LogP contribution in [0.5, 0.6) is 0 Å². The highest BCUT2D eigenvalue weighted by Gasteiger charge is 2.29. The number of rotatable bonds is 7. The van der Waals surface area contributed by atoms with Crippen LogP contribution in [0.25, 0.3) is 11.0 Å². The number of aliphatic hydroxyl groups excluding tert-OH is 1. The molecule has 0 aliphatic rings. The highest BCUT2D eigenvalue weighted by Crippen LogP contribution is 2.40. The largest absolute Gasteiger partial charge is 0.394 e. The number of aryl methyl sites for hydroxylation is 1. The zero-order valence-corrected chi connectivity index (χ0v) is 19.0. The zero-order chi connectivity index (χ0) is 22.0. The number of hydrogen-bond donors (Lipinski definition) is 2. The summed E-state index contributed by atoms with van der Waals surface area (Å²) in [6.45, 7) is 3.37. The van der Waals surface area contributed by atoms with Gasteiger partial charge in [-0.05, 0) is 38.1 Å². The second kappa shape index (κ2) is 9.30. The lowest BCUT2D eigenvalue weighted by Gasteiger charge is -2.32. The molecule has 3 rings (SSSR count). The Labute approximate surface area is 186 Å². The lowest BCUT2D eigenvalue weighted by molar-refractivity contribution is 0.0168. The standard InChI is InChI=1S/C20H21BrClFN4O3/c1-11(2)27(15-5-4-12(21)8-14(15)22)19-13(20(29)25-30-7-6-28)9-16-18(17(19)23)24-10-26(16)3/h4-5,8-11,28H,6-7H2,1-3H3,(H,25,29). The molecule has 0 radical (unpaired) electrons. The number of hydroxylamine groups is 1. The van der Waals surface area contributed by atoms with E-state index in [4.69, 9.17) is 21.5 Å². The van der Waals surface area contributed by atoms with E-state index in [0.717, 1.165) is 4.47 Å². The first-order valence-corrected chi connectivity index (χ1v) is 10.3. The first-order valence-electron chi connectivity index (χ1n) is 9.17. The van der Waals surface area contributed by atoms with Gasteiger partial charge < -0.3 is 14.6 Å². The molecule has 0 atom stereocenters. The Hall–Kier alpha value is -2.20. The number of benzene rings is 2. The normalized spacial score (nSPS) is 11.3. The van der Waals surface area contributed by atoms with Gasteiger partial charge in [0.15, 0.2) is 5.82 Å². The molecule has 0 aliphatic carbocycles. The molecule has 0 fully saturated rings. The summed E-state index contributed by atoms with van der Waals surface area (Å²) >= 11 is 9.83. The van der Waals surface area contributed by atoms with Crippen LogP contribution in [0.3, 0.4) is 0 Å². The van der Waals surface area contributed by atoms with Crippen molar-refractivity contribution in [3.05, 3.63) is 51.5 Å². The van der Waals surface area contributed by atoms with E-state index in [1.54, 1.807) is 40.8 Å². The summed E-state index contributed by atoms with van der Waals surface area (Å²) in [5.74, 6) is -1.30. The molecule has 0 spiro atoms. The van der Waals surface area contributed by atoms with Crippen molar-refractivity contribution < 1.29 is 19.1 Å². The van der Waals surface area contributed by atoms with Crippen LogP contribution in [0.15, 0.2) is 35.1 Å². The van der Waals surface area contributed by atoms with Gasteiger partial charge in [0.2, 0.25) is 0 Å². The van der Waals surface area contributed by atoms with E-state index in [9.17, 15) is 4.79 Å². The molecule has 1 heterocycles. The van der Waals surface area contributed by atoms with Gasteiger partial charge in [-0.3, -0.25) is 9.63 Å². The summed E-state index contributed by atoms with van der Waals surface area (Å²) in [6, 6.07) is 6.55. The summed E-state index contributed by atoms with van der Waals surface area (Å²) in [5, 5.41) is 9.28. The number of imidazole rings is 1. The number of aromatic nitrogens is 2. The van der Waals surface area contributed by atoms with E-state index in [2.05, 4.69) is 26.4 Å². The van der Waals surface area contributed by atoms with E-state index in [1.165, 1.54) is 6.33 Å². The number of nitrogens with one attached hydrogen (secondary N) is 1. The number of carbonyl (C=O) groups excluding carboxylic acids is 1. The van der Waals surface area contributed by atoms with E-state index in [-0.39, 0.29) is 36.0 Å². The smallest absolute Gasteiger partial charge is 0.277 e. The quantitative estimate of drug-likeness (QED) is 0.374. The number of amides is 1. The van der Waals surface area contributed by atoms with Crippen molar-refractivity contribution in [2.75, 3.05) is 18.1 Å². The minimum Gasteiger partial charge on any atom is -0.394 e. The molecule has 160 valence electrons. The molecule has 0 unspecified atom stereocenters. The number of hydrogen-bond acceptors (Lipinski definition) is 5. The molecule has 0 saturated heterocycles. The molecule has 3 aromatic rings. The predicted molar refractivity (Wildman–Crippen MR) is 118 cm³/mol. The molecule has 0 saturated carbocycles. The van der Waals surface area contributed by atoms with E-state index in [1.807, 2.05) is 13.8 Å². The fourth-order valence-electron chi connectivity index (χ4n) is 3.17. The topological polar surface area (TPSA) is 79.6 Å². The summed E-state index contributed by atoms with van der Waals surface area (Å²) in [5.41, 5.74) is 3.46. The fraction of sp³-hybridized carbons (Fsp3) is 0.300. The Morgan fingerprint density at radius 2 is 2.17 bits per heavy atom. The maximum Gasteiger partial charge on any atom is 0.277 e. The van der Waals surface area contributed by atoms with Gasteiger partial charge in [-0.25, -0.2) is 14.9 Å². The van der Waals surface area contributed by atoms with Crippen LogP contribution in [0.1, 0.15) is 24.2 Å². The maximum absolute atomic E-state index is 15.8. The molecule has 0 bridgehead atoms. The number of nitrogens with zero attached hydrogens (tertiary/aromatic N) is 3. The summed E-state index contributed by atoms with van der Waals surface area (Å²) in [7, 11) is 1.71. The average Bonchev–Trinajstić information content (AvgIpc) is 3.06. The molecule has 1 amide bonds. The molecule has 0 aliphatic heterocycles. The fourth-order valence-corrected chi connectivity index (χ4v) is 3.94. The van der Waals surface area contributed by atoms with Gasteiger partial charge in [-0.15, -0.1) is 0 Å². The number of aliphatic hydroxyl groups is 1. The highest BCUT2D eigenvalue weighted by atomic mass is 79.9. The third kappa shape index (κ3) is 4.29. The number of halogens is 3. The minimum atomic E-state index is -0.653. The van der Waals surface area contributed by atoms with Gasteiger partial charge in [0.1, 0.15) is 5.52 Å². The first kappa shape index (κ1) is 22.5. The van der Waals surface area contributed by atoms with Crippen molar-refractivity contribution in [1.29, 1.82) is 0 Å². The number of fused-ring (bicyclic) bond motifs is 1. The van der Waals surface area contributed by atoms with Crippen LogP contribution in [0, 0.1) is 5.82 Å². The Kier molecular flexibility index (Phi) is 6.97. The lowest BCUT2D eigenvalue weighted by Crippen LogP contribution is -2.32. The van der Waals surface area contributed by atoms with Gasteiger partial charge in [0.25, 0.3) is 5.91 Å². The number of carbonyl (C=O) groups is 1. The molecule has 7 nitrogen and oxygen atoms in total. The molecular weight excluding hydrogens is 479 g/mol. The Morgan fingerprint density at radius 3 is 2.80 bits per heavy atom. The summed E-state index contributed by atoms with van der Waals surface area (Å²) in [4.78, 5) is 23.6. The highest BCUT2D eigenvalue weighted by molar-refractivity contribution is 9.10. The van der Waals surface area contributed by atoms with Gasteiger partial charge in [-0.2, -0.15) is 0 Å². The molecular formula is C20H21BrClFN4O3. The SMILES string of the molecule is CC(C)N(c1ccc(Br)cc1Cl)c1c(C(=O)NOCCO)cc2c(ncn2C)c1F. The van der Waals surface area contributed by atoms with E-state index >= 15 is 4.39 Å². The van der Waals surface area contributed by atoms with Gasteiger partial charge >= 0.3 is 0 Å². The van der Waals surface area contributed by atoms with Crippen LogP contribution in [-0.4, -0.2) is 39.8 Å². The molecule has 2 aromatic carbocycles.